The normalized spacial score (nSPS) is 23.7. The fourth-order valence-electron chi connectivity index (χ4n) is 2.79. The van der Waals surface area contributed by atoms with E-state index in [0.29, 0.717) is 11.5 Å². The van der Waals surface area contributed by atoms with Gasteiger partial charge in [0.1, 0.15) is 5.75 Å². The van der Waals surface area contributed by atoms with Crippen molar-refractivity contribution in [2.24, 2.45) is 5.92 Å². The van der Waals surface area contributed by atoms with Gasteiger partial charge in [-0.1, -0.05) is 37.8 Å². The quantitative estimate of drug-likeness (QED) is 0.802. The number of phenols is 1. The maximum atomic E-state index is 12.3. The van der Waals surface area contributed by atoms with E-state index in [1.165, 1.54) is 25.7 Å². The highest BCUT2D eigenvalue weighted by Gasteiger charge is 2.23. The first-order valence-electron chi connectivity index (χ1n) is 7.18. The van der Waals surface area contributed by atoms with Crippen molar-refractivity contribution in [2.75, 3.05) is 0 Å². The fourth-order valence-corrected chi connectivity index (χ4v) is 2.79. The van der Waals surface area contributed by atoms with Crippen molar-refractivity contribution < 1.29 is 9.90 Å². The van der Waals surface area contributed by atoms with Crippen LogP contribution in [0.5, 0.6) is 5.75 Å². The van der Waals surface area contributed by atoms with Crippen molar-refractivity contribution in [2.45, 2.75) is 52.0 Å². The van der Waals surface area contributed by atoms with Gasteiger partial charge in [0.25, 0.3) is 5.91 Å². The number of hydrogen-bond acceptors (Lipinski definition) is 2. The lowest BCUT2D eigenvalue weighted by Crippen LogP contribution is -2.38. The van der Waals surface area contributed by atoms with E-state index in [2.05, 4.69) is 12.2 Å². The van der Waals surface area contributed by atoms with Crippen molar-refractivity contribution in [3.8, 4) is 5.75 Å². The maximum absolute atomic E-state index is 12.3. The maximum Gasteiger partial charge on any atom is 0.255 e. The highest BCUT2D eigenvalue weighted by Crippen LogP contribution is 2.24. The lowest BCUT2D eigenvalue weighted by molar-refractivity contribution is 0.0919. The third-order valence-corrected chi connectivity index (χ3v) is 4.07. The molecule has 19 heavy (non-hydrogen) atoms. The summed E-state index contributed by atoms with van der Waals surface area (Å²) in [6.45, 7) is 4.12. The van der Waals surface area contributed by atoms with E-state index in [9.17, 15) is 9.90 Å². The predicted molar refractivity (Wildman–Crippen MR) is 76.3 cm³/mol. The Morgan fingerprint density at radius 3 is 2.79 bits per heavy atom. The third-order valence-electron chi connectivity index (χ3n) is 4.07. The summed E-state index contributed by atoms with van der Waals surface area (Å²) in [6, 6.07) is 5.36. The molecule has 1 amide bonds. The number of aromatic hydroxyl groups is 1. The van der Waals surface area contributed by atoms with Gasteiger partial charge in [0.15, 0.2) is 0 Å². The molecule has 1 aliphatic carbocycles. The average Bonchev–Trinajstić information content (AvgIpc) is 2.58. The average molecular weight is 261 g/mol. The van der Waals surface area contributed by atoms with Crippen molar-refractivity contribution in [1.82, 2.24) is 5.32 Å². The molecule has 1 aliphatic rings. The molecule has 2 rings (SSSR count). The molecule has 2 atom stereocenters. The lowest BCUT2D eigenvalue weighted by Gasteiger charge is -2.23. The second kappa shape index (κ2) is 6.09. The number of rotatable bonds is 2. The highest BCUT2D eigenvalue weighted by molar-refractivity contribution is 5.97. The summed E-state index contributed by atoms with van der Waals surface area (Å²) >= 11 is 0. The van der Waals surface area contributed by atoms with Crippen LogP contribution in [0.1, 0.15) is 54.9 Å². The summed E-state index contributed by atoms with van der Waals surface area (Å²) in [5.41, 5.74) is 1.37. The van der Waals surface area contributed by atoms with Crippen LogP contribution < -0.4 is 5.32 Å². The molecule has 0 bridgehead atoms. The molecule has 0 heterocycles. The minimum atomic E-state index is -0.153. The van der Waals surface area contributed by atoms with Crippen molar-refractivity contribution >= 4 is 5.91 Å². The van der Waals surface area contributed by atoms with E-state index < -0.39 is 0 Å². The number of phenolic OH excluding ortho intramolecular Hbond substituents is 1. The zero-order valence-electron chi connectivity index (χ0n) is 11.8. The molecular weight excluding hydrogens is 238 g/mol. The number of hydrogen-bond donors (Lipinski definition) is 2. The van der Waals surface area contributed by atoms with Crippen molar-refractivity contribution in [1.29, 1.82) is 0 Å². The molecule has 1 fully saturated rings. The largest absolute Gasteiger partial charge is 0.507 e. The van der Waals surface area contributed by atoms with Crippen LogP contribution in [-0.4, -0.2) is 17.1 Å². The van der Waals surface area contributed by atoms with Crippen LogP contribution >= 0.6 is 0 Å². The number of aryl methyl sites for hydroxylation is 1. The molecule has 2 unspecified atom stereocenters. The van der Waals surface area contributed by atoms with Crippen molar-refractivity contribution in [3.63, 3.8) is 0 Å². The Labute approximate surface area is 115 Å². The van der Waals surface area contributed by atoms with Crippen LogP contribution in [0.15, 0.2) is 18.2 Å². The Hall–Kier alpha value is -1.51. The second-order valence-electron chi connectivity index (χ2n) is 5.72. The smallest absolute Gasteiger partial charge is 0.255 e. The van der Waals surface area contributed by atoms with Gasteiger partial charge in [-0.3, -0.25) is 4.79 Å². The Balaban J connectivity index is 2.09. The zero-order valence-corrected chi connectivity index (χ0v) is 11.8. The summed E-state index contributed by atoms with van der Waals surface area (Å²) in [5, 5.41) is 12.9. The Morgan fingerprint density at radius 2 is 2.00 bits per heavy atom. The SMILES string of the molecule is Cc1ccc(O)c(C(=O)NC2CCCCCC2C)c1. The fraction of sp³-hybridized carbons (Fsp3) is 0.562. The van der Waals surface area contributed by atoms with Crippen molar-refractivity contribution in [3.05, 3.63) is 29.3 Å². The first kappa shape index (κ1) is 13.9. The minimum Gasteiger partial charge on any atom is -0.507 e. The van der Waals surface area contributed by atoms with Gasteiger partial charge in [-0.15, -0.1) is 0 Å². The molecule has 0 saturated heterocycles. The number of carbonyl (C=O) groups is 1. The molecule has 104 valence electrons. The number of amides is 1. The molecule has 0 aliphatic heterocycles. The van der Waals surface area contributed by atoms with Gasteiger partial charge in [-0.05, 0) is 37.8 Å². The molecule has 2 N–H and O–H groups in total. The van der Waals surface area contributed by atoms with Gasteiger partial charge in [0.2, 0.25) is 0 Å². The van der Waals surface area contributed by atoms with Gasteiger partial charge < -0.3 is 10.4 Å². The predicted octanol–water partition coefficient (Wildman–Crippen LogP) is 3.40. The summed E-state index contributed by atoms with van der Waals surface area (Å²) in [7, 11) is 0. The highest BCUT2D eigenvalue weighted by atomic mass is 16.3. The Morgan fingerprint density at radius 1 is 1.26 bits per heavy atom. The van der Waals surface area contributed by atoms with E-state index in [4.69, 9.17) is 0 Å². The van der Waals surface area contributed by atoms with Crippen LogP contribution in [0.4, 0.5) is 0 Å². The molecular formula is C16H23NO2. The summed E-state index contributed by atoms with van der Waals surface area (Å²) in [6.07, 6.45) is 5.90. The summed E-state index contributed by atoms with van der Waals surface area (Å²) in [4.78, 5) is 12.3. The molecule has 3 nitrogen and oxygen atoms in total. The molecule has 1 aromatic rings. The number of carbonyl (C=O) groups excluding carboxylic acids is 1. The van der Waals surface area contributed by atoms with E-state index in [-0.39, 0.29) is 17.7 Å². The van der Waals surface area contributed by atoms with E-state index >= 15 is 0 Å². The van der Waals surface area contributed by atoms with Gasteiger partial charge in [0.05, 0.1) is 5.56 Å². The van der Waals surface area contributed by atoms with Crippen LogP contribution in [0.3, 0.4) is 0 Å². The van der Waals surface area contributed by atoms with E-state index in [0.717, 1.165) is 12.0 Å². The van der Waals surface area contributed by atoms with Gasteiger partial charge >= 0.3 is 0 Å². The van der Waals surface area contributed by atoms with Crippen LogP contribution in [0, 0.1) is 12.8 Å². The Kier molecular flexibility index (Phi) is 4.46. The zero-order chi connectivity index (χ0) is 13.8. The molecule has 0 aromatic heterocycles. The monoisotopic (exact) mass is 261 g/mol. The van der Waals surface area contributed by atoms with Crippen LogP contribution in [-0.2, 0) is 0 Å². The van der Waals surface area contributed by atoms with Gasteiger partial charge in [-0.25, -0.2) is 0 Å². The third kappa shape index (κ3) is 3.49. The minimum absolute atomic E-state index is 0.0596. The lowest BCUT2D eigenvalue weighted by atomic mass is 9.96. The van der Waals surface area contributed by atoms with E-state index in [1.807, 2.05) is 6.92 Å². The number of benzene rings is 1. The topological polar surface area (TPSA) is 49.3 Å². The first-order valence-corrected chi connectivity index (χ1v) is 7.18. The molecule has 1 aromatic carbocycles. The standard InChI is InChI=1S/C16H23NO2/c1-11-8-9-15(18)13(10-11)16(19)17-14-7-5-3-4-6-12(14)2/h8-10,12,14,18H,3-7H2,1-2H3,(H,17,19). The van der Waals surface area contributed by atoms with Crippen LogP contribution in [0.2, 0.25) is 0 Å². The molecule has 0 radical (unpaired) electrons. The van der Waals surface area contributed by atoms with Gasteiger partial charge in [-0.2, -0.15) is 0 Å². The van der Waals surface area contributed by atoms with Gasteiger partial charge in [0, 0.05) is 6.04 Å². The summed E-state index contributed by atoms with van der Waals surface area (Å²) < 4.78 is 0. The molecule has 1 saturated carbocycles. The molecule has 0 spiro atoms. The number of nitrogens with one attached hydrogen (secondary N) is 1. The Bertz CT molecular complexity index is 456. The van der Waals surface area contributed by atoms with E-state index in [1.54, 1.807) is 18.2 Å². The second-order valence-corrected chi connectivity index (χ2v) is 5.72. The summed E-state index contributed by atoms with van der Waals surface area (Å²) in [5.74, 6) is 0.419. The molecule has 3 heteroatoms. The van der Waals surface area contributed by atoms with Crippen LogP contribution in [0.25, 0.3) is 0 Å². The first-order chi connectivity index (χ1) is 9.08.